The van der Waals surface area contributed by atoms with Crippen LogP contribution in [0.4, 0.5) is 0 Å². The van der Waals surface area contributed by atoms with E-state index in [9.17, 15) is 4.79 Å². The number of hydrogen-bond acceptors (Lipinski definition) is 2. The molecule has 0 spiro atoms. The van der Waals surface area contributed by atoms with Crippen molar-refractivity contribution in [3.05, 3.63) is 0 Å². The summed E-state index contributed by atoms with van der Waals surface area (Å²) >= 11 is 0. The molecule has 2 fully saturated rings. The zero-order valence-corrected chi connectivity index (χ0v) is 7.75. The summed E-state index contributed by atoms with van der Waals surface area (Å²) in [7, 11) is 0. The van der Waals surface area contributed by atoms with Gasteiger partial charge in [0.2, 0.25) is 0 Å². The number of fused-ring (bicyclic) bond motifs is 2. The van der Waals surface area contributed by atoms with Gasteiger partial charge < -0.3 is 0 Å². The Morgan fingerprint density at radius 3 is 2.42 bits per heavy atom. The maximum Gasteiger partial charge on any atom is 0.136 e. The van der Waals surface area contributed by atoms with Crippen LogP contribution in [0, 0.1) is 0 Å². The van der Waals surface area contributed by atoms with Crippen LogP contribution in [0.15, 0.2) is 0 Å². The second-order valence-electron chi connectivity index (χ2n) is 4.07. The summed E-state index contributed by atoms with van der Waals surface area (Å²) in [5.41, 5.74) is 0. The summed E-state index contributed by atoms with van der Waals surface area (Å²) in [4.78, 5) is 13.8. The van der Waals surface area contributed by atoms with E-state index in [2.05, 4.69) is 11.8 Å². The first kappa shape index (κ1) is 8.24. The summed E-state index contributed by atoms with van der Waals surface area (Å²) < 4.78 is 0. The molecule has 68 valence electrons. The van der Waals surface area contributed by atoms with Gasteiger partial charge in [0.15, 0.2) is 0 Å². The Bertz CT molecular complexity index is 174. The minimum atomic E-state index is 0.495. The highest BCUT2D eigenvalue weighted by Gasteiger charge is 2.39. The molecule has 0 radical (unpaired) electrons. The molecule has 2 heteroatoms. The molecule has 2 saturated heterocycles. The Kier molecular flexibility index (Phi) is 2.18. The number of carbonyl (C=O) groups excluding carboxylic acids is 1. The van der Waals surface area contributed by atoms with Crippen LogP contribution < -0.4 is 0 Å². The molecule has 0 N–H and O–H groups in total. The maximum absolute atomic E-state index is 11.2. The van der Waals surface area contributed by atoms with Gasteiger partial charge >= 0.3 is 0 Å². The van der Waals surface area contributed by atoms with E-state index in [0.717, 1.165) is 12.8 Å². The Hall–Kier alpha value is -0.370. The van der Waals surface area contributed by atoms with Gasteiger partial charge in [0, 0.05) is 24.9 Å². The van der Waals surface area contributed by atoms with E-state index in [1.807, 2.05) is 0 Å². The molecule has 2 aliphatic heterocycles. The molecular weight excluding hydrogens is 150 g/mol. The van der Waals surface area contributed by atoms with Crippen molar-refractivity contribution in [1.82, 2.24) is 4.90 Å². The molecule has 0 unspecified atom stereocenters. The van der Waals surface area contributed by atoms with Gasteiger partial charge in [0.1, 0.15) is 5.78 Å². The first-order valence-electron chi connectivity index (χ1n) is 5.08. The number of carbonyl (C=O) groups is 1. The standard InChI is InChI=1S/C10H17NO/c1-2-5-11-8-3-4-9(11)7-10(12)6-8/h8-9H,2-7H2,1H3/t8-,9+. The third-order valence-corrected chi connectivity index (χ3v) is 3.18. The van der Waals surface area contributed by atoms with Crippen LogP contribution >= 0.6 is 0 Å². The molecule has 2 aliphatic rings. The molecule has 12 heavy (non-hydrogen) atoms. The Morgan fingerprint density at radius 1 is 1.33 bits per heavy atom. The molecule has 2 heterocycles. The van der Waals surface area contributed by atoms with Crippen molar-refractivity contribution in [2.24, 2.45) is 0 Å². The fraction of sp³-hybridized carbons (Fsp3) is 0.900. The van der Waals surface area contributed by atoms with Gasteiger partial charge in [0.05, 0.1) is 0 Å². The average molecular weight is 167 g/mol. The molecule has 2 nitrogen and oxygen atoms in total. The lowest BCUT2D eigenvalue weighted by atomic mass is 10.0. The largest absolute Gasteiger partial charge is 0.300 e. The molecule has 2 atom stereocenters. The van der Waals surface area contributed by atoms with E-state index >= 15 is 0 Å². The SMILES string of the molecule is CCCN1[C@@H]2CC[C@H]1CC(=O)C2. The normalized spacial score (nSPS) is 35.9. The fourth-order valence-electron chi connectivity index (χ4n) is 2.69. The first-order chi connectivity index (χ1) is 5.81. The van der Waals surface area contributed by atoms with Crippen LogP contribution in [0.25, 0.3) is 0 Å². The van der Waals surface area contributed by atoms with E-state index in [-0.39, 0.29) is 0 Å². The lowest BCUT2D eigenvalue weighted by Gasteiger charge is -2.33. The number of ketones is 1. The zero-order chi connectivity index (χ0) is 8.55. The predicted molar refractivity (Wildman–Crippen MR) is 48.0 cm³/mol. The Morgan fingerprint density at radius 2 is 1.92 bits per heavy atom. The van der Waals surface area contributed by atoms with E-state index in [1.165, 1.54) is 25.8 Å². The number of rotatable bonds is 2. The topological polar surface area (TPSA) is 20.3 Å². The van der Waals surface area contributed by atoms with Crippen LogP contribution in [-0.2, 0) is 4.79 Å². The number of piperidine rings is 1. The molecule has 2 rings (SSSR count). The van der Waals surface area contributed by atoms with E-state index in [0.29, 0.717) is 17.9 Å². The third kappa shape index (κ3) is 1.28. The molecule has 0 saturated carbocycles. The molecular formula is C10H17NO. The lowest BCUT2D eigenvalue weighted by Crippen LogP contribution is -2.43. The fourth-order valence-corrected chi connectivity index (χ4v) is 2.69. The van der Waals surface area contributed by atoms with Crippen molar-refractivity contribution >= 4 is 5.78 Å². The summed E-state index contributed by atoms with van der Waals surface area (Å²) in [6.07, 6.45) is 5.40. The first-order valence-corrected chi connectivity index (χ1v) is 5.08. The van der Waals surface area contributed by atoms with Gasteiger partial charge in [-0.15, -0.1) is 0 Å². The van der Waals surface area contributed by atoms with Crippen LogP contribution in [0.1, 0.15) is 39.0 Å². The summed E-state index contributed by atoms with van der Waals surface area (Å²) in [5, 5.41) is 0. The Labute approximate surface area is 73.9 Å². The second kappa shape index (κ2) is 3.17. The summed E-state index contributed by atoms with van der Waals surface area (Å²) in [6, 6.07) is 1.22. The molecule has 0 aliphatic carbocycles. The van der Waals surface area contributed by atoms with Gasteiger partial charge in [-0.25, -0.2) is 0 Å². The minimum absolute atomic E-state index is 0.495. The van der Waals surface area contributed by atoms with Gasteiger partial charge in [-0.3, -0.25) is 9.69 Å². The highest BCUT2D eigenvalue weighted by Crippen LogP contribution is 2.33. The zero-order valence-electron chi connectivity index (χ0n) is 7.75. The molecule has 0 aromatic rings. The molecule has 2 bridgehead atoms. The number of nitrogens with zero attached hydrogens (tertiary/aromatic N) is 1. The summed E-state index contributed by atoms with van der Waals surface area (Å²) in [5.74, 6) is 0.495. The van der Waals surface area contributed by atoms with Gasteiger partial charge in [-0.2, -0.15) is 0 Å². The molecule has 0 aromatic carbocycles. The third-order valence-electron chi connectivity index (χ3n) is 3.18. The van der Waals surface area contributed by atoms with Gasteiger partial charge in [-0.1, -0.05) is 6.92 Å². The van der Waals surface area contributed by atoms with Crippen molar-refractivity contribution in [2.75, 3.05) is 6.54 Å². The van der Waals surface area contributed by atoms with E-state index in [4.69, 9.17) is 0 Å². The second-order valence-corrected chi connectivity index (χ2v) is 4.07. The van der Waals surface area contributed by atoms with E-state index in [1.54, 1.807) is 0 Å². The highest BCUT2D eigenvalue weighted by atomic mass is 16.1. The monoisotopic (exact) mass is 167 g/mol. The van der Waals surface area contributed by atoms with Crippen LogP contribution in [0.5, 0.6) is 0 Å². The predicted octanol–water partition coefficient (Wildman–Crippen LogP) is 1.59. The minimum Gasteiger partial charge on any atom is -0.300 e. The lowest BCUT2D eigenvalue weighted by molar-refractivity contribution is -0.123. The van der Waals surface area contributed by atoms with Gasteiger partial charge in [-0.05, 0) is 25.8 Å². The highest BCUT2D eigenvalue weighted by molar-refractivity contribution is 5.80. The average Bonchev–Trinajstić information content (AvgIpc) is 2.32. The van der Waals surface area contributed by atoms with E-state index < -0.39 is 0 Å². The van der Waals surface area contributed by atoms with Crippen LogP contribution in [0.2, 0.25) is 0 Å². The van der Waals surface area contributed by atoms with Crippen molar-refractivity contribution in [2.45, 2.75) is 51.1 Å². The number of Topliss-reactive ketones (excluding diaryl/α,β-unsaturated/α-hetero) is 1. The Balaban J connectivity index is 2.04. The van der Waals surface area contributed by atoms with Gasteiger partial charge in [0.25, 0.3) is 0 Å². The van der Waals surface area contributed by atoms with Crippen molar-refractivity contribution in [1.29, 1.82) is 0 Å². The van der Waals surface area contributed by atoms with Crippen molar-refractivity contribution in [3.8, 4) is 0 Å². The molecule has 0 amide bonds. The van der Waals surface area contributed by atoms with Crippen molar-refractivity contribution in [3.63, 3.8) is 0 Å². The van der Waals surface area contributed by atoms with Crippen LogP contribution in [-0.4, -0.2) is 29.3 Å². The number of hydrogen-bond donors (Lipinski definition) is 0. The van der Waals surface area contributed by atoms with Crippen LogP contribution in [0.3, 0.4) is 0 Å². The summed E-state index contributed by atoms with van der Waals surface area (Å²) in [6.45, 7) is 3.42. The maximum atomic E-state index is 11.2. The molecule has 0 aromatic heterocycles. The quantitative estimate of drug-likeness (QED) is 0.622. The van der Waals surface area contributed by atoms with Crippen molar-refractivity contribution < 1.29 is 4.79 Å². The smallest absolute Gasteiger partial charge is 0.136 e.